The summed E-state index contributed by atoms with van der Waals surface area (Å²) in [6.07, 6.45) is 4.09. The maximum Gasteiger partial charge on any atom is 0.00344 e. The molecule has 0 aromatic heterocycles. The molecule has 0 spiro atoms. The summed E-state index contributed by atoms with van der Waals surface area (Å²) < 4.78 is 0. The molecule has 2 heteroatoms. The molecule has 0 saturated carbocycles. The van der Waals surface area contributed by atoms with E-state index in [0.29, 0.717) is 5.41 Å². The molecule has 0 bridgehead atoms. The van der Waals surface area contributed by atoms with Gasteiger partial charge in [0.1, 0.15) is 0 Å². The van der Waals surface area contributed by atoms with Crippen LogP contribution in [0.2, 0.25) is 0 Å². The topological polar surface area (TPSA) is 3.24 Å². The molecular formula is C12H24BrN. The molecule has 1 aliphatic heterocycles. The number of rotatable bonds is 4. The molecule has 84 valence electrons. The van der Waals surface area contributed by atoms with Crippen molar-refractivity contribution in [2.24, 2.45) is 11.3 Å². The predicted molar refractivity (Wildman–Crippen MR) is 67.0 cm³/mol. The van der Waals surface area contributed by atoms with Gasteiger partial charge in [-0.3, -0.25) is 0 Å². The first-order valence-corrected chi connectivity index (χ1v) is 6.92. The quantitative estimate of drug-likeness (QED) is 0.700. The maximum atomic E-state index is 3.53. The zero-order chi connectivity index (χ0) is 10.6. The van der Waals surface area contributed by atoms with Crippen LogP contribution in [0.25, 0.3) is 0 Å². The number of nitrogens with zero attached hydrogens (tertiary/aromatic N) is 1. The molecule has 0 radical (unpaired) electrons. The molecule has 1 saturated heterocycles. The maximum absolute atomic E-state index is 3.53. The second-order valence-corrected chi connectivity index (χ2v) is 6.54. The number of hydrogen-bond acceptors (Lipinski definition) is 1. The summed E-state index contributed by atoms with van der Waals surface area (Å²) in [5.41, 5.74) is 0.494. The molecule has 1 fully saturated rings. The van der Waals surface area contributed by atoms with Gasteiger partial charge in [0.25, 0.3) is 0 Å². The smallest absolute Gasteiger partial charge is 0.00344 e. The van der Waals surface area contributed by atoms with Crippen LogP contribution in [0.5, 0.6) is 0 Å². The Bertz CT molecular complexity index is 162. The summed E-state index contributed by atoms with van der Waals surface area (Å²) in [4.78, 5) is 2.64. The van der Waals surface area contributed by atoms with E-state index in [2.05, 4.69) is 41.6 Å². The molecule has 1 rings (SSSR count). The lowest BCUT2D eigenvalue weighted by Gasteiger charge is -2.23. The lowest BCUT2D eigenvalue weighted by molar-refractivity contribution is 0.258. The molecule has 14 heavy (non-hydrogen) atoms. The fraction of sp³-hybridized carbons (Fsp3) is 1.00. The molecule has 0 aliphatic carbocycles. The fourth-order valence-electron chi connectivity index (χ4n) is 2.00. The van der Waals surface area contributed by atoms with Gasteiger partial charge in [0.2, 0.25) is 0 Å². The summed E-state index contributed by atoms with van der Waals surface area (Å²) in [5.74, 6) is 0.953. The Balaban J connectivity index is 2.16. The van der Waals surface area contributed by atoms with Crippen molar-refractivity contribution < 1.29 is 0 Å². The van der Waals surface area contributed by atoms with Crippen molar-refractivity contribution in [1.82, 2.24) is 4.90 Å². The standard InChI is InChI=1S/C12H24BrN/c1-12(2,3)6-9-14-8-5-11(10-14)4-7-13/h11H,4-10H2,1-3H3. The first-order chi connectivity index (χ1) is 6.51. The normalized spacial score (nSPS) is 24.4. The van der Waals surface area contributed by atoms with Gasteiger partial charge in [-0.2, -0.15) is 0 Å². The third-order valence-electron chi connectivity index (χ3n) is 3.07. The molecule has 1 unspecified atom stereocenters. The average molecular weight is 262 g/mol. The van der Waals surface area contributed by atoms with Crippen molar-refractivity contribution >= 4 is 15.9 Å². The fourth-order valence-corrected chi connectivity index (χ4v) is 2.65. The van der Waals surface area contributed by atoms with Crippen molar-refractivity contribution in [1.29, 1.82) is 0 Å². The van der Waals surface area contributed by atoms with Gasteiger partial charge in [0, 0.05) is 11.9 Å². The van der Waals surface area contributed by atoms with E-state index in [-0.39, 0.29) is 0 Å². The highest BCUT2D eigenvalue weighted by molar-refractivity contribution is 9.09. The first kappa shape index (κ1) is 12.5. The van der Waals surface area contributed by atoms with Crippen LogP contribution in [0.4, 0.5) is 0 Å². The largest absolute Gasteiger partial charge is 0.303 e. The highest BCUT2D eigenvalue weighted by atomic mass is 79.9. The SMILES string of the molecule is CC(C)(C)CCN1CCC(CCBr)C1. The summed E-state index contributed by atoms with van der Waals surface area (Å²) in [5, 5.41) is 1.17. The van der Waals surface area contributed by atoms with Crippen molar-refractivity contribution in [3.63, 3.8) is 0 Å². The van der Waals surface area contributed by atoms with Crippen LogP contribution in [0.1, 0.15) is 40.0 Å². The molecule has 0 aromatic carbocycles. The van der Waals surface area contributed by atoms with Gasteiger partial charge in [0.05, 0.1) is 0 Å². The third kappa shape index (κ3) is 4.79. The molecule has 0 aromatic rings. The lowest BCUT2D eigenvalue weighted by atomic mass is 9.92. The van der Waals surface area contributed by atoms with E-state index in [1.807, 2.05) is 0 Å². The third-order valence-corrected chi connectivity index (χ3v) is 3.52. The molecule has 1 aliphatic rings. The lowest BCUT2D eigenvalue weighted by Crippen LogP contribution is -2.25. The van der Waals surface area contributed by atoms with E-state index in [1.54, 1.807) is 0 Å². The Kier molecular flexibility index (Phi) is 4.92. The van der Waals surface area contributed by atoms with Crippen LogP contribution in [-0.2, 0) is 0 Å². The Morgan fingerprint density at radius 3 is 2.64 bits per heavy atom. The van der Waals surface area contributed by atoms with Gasteiger partial charge in [-0.1, -0.05) is 36.7 Å². The van der Waals surface area contributed by atoms with Gasteiger partial charge in [-0.25, -0.2) is 0 Å². The van der Waals surface area contributed by atoms with Crippen molar-refractivity contribution in [3.8, 4) is 0 Å². The van der Waals surface area contributed by atoms with Crippen LogP contribution < -0.4 is 0 Å². The minimum Gasteiger partial charge on any atom is -0.303 e. The van der Waals surface area contributed by atoms with Gasteiger partial charge in [-0.05, 0) is 43.7 Å². The van der Waals surface area contributed by atoms with Crippen LogP contribution in [0, 0.1) is 11.3 Å². The number of hydrogen-bond donors (Lipinski definition) is 0. The summed E-state index contributed by atoms with van der Waals surface area (Å²) >= 11 is 3.53. The van der Waals surface area contributed by atoms with E-state index in [1.165, 1.54) is 44.2 Å². The minimum absolute atomic E-state index is 0.494. The van der Waals surface area contributed by atoms with E-state index in [0.717, 1.165) is 5.92 Å². The number of alkyl halides is 1. The Morgan fingerprint density at radius 2 is 2.07 bits per heavy atom. The van der Waals surface area contributed by atoms with Crippen LogP contribution >= 0.6 is 15.9 Å². The van der Waals surface area contributed by atoms with Crippen LogP contribution in [0.3, 0.4) is 0 Å². The van der Waals surface area contributed by atoms with Gasteiger partial charge in [-0.15, -0.1) is 0 Å². The monoisotopic (exact) mass is 261 g/mol. The van der Waals surface area contributed by atoms with E-state index in [4.69, 9.17) is 0 Å². The number of halogens is 1. The number of likely N-dealkylation sites (tertiary alicyclic amines) is 1. The first-order valence-electron chi connectivity index (χ1n) is 5.79. The summed E-state index contributed by atoms with van der Waals surface area (Å²) in [6, 6.07) is 0. The zero-order valence-electron chi connectivity index (χ0n) is 9.85. The summed E-state index contributed by atoms with van der Waals surface area (Å²) in [6.45, 7) is 11.0. The zero-order valence-corrected chi connectivity index (χ0v) is 11.4. The minimum atomic E-state index is 0.494. The van der Waals surface area contributed by atoms with Gasteiger partial charge < -0.3 is 4.90 Å². The molecule has 1 heterocycles. The molecule has 1 nitrogen and oxygen atoms in total. The predicted octanol–water partition coefficient (Wildman–Crippen LogP) is 3.53. The second kappa shape index (κ2) is 5.50. The Labute approximate surface area is 97.4 Å². The highest BCUT2D eigenvalue weighted by Gasteiger charge is 2.22. The Morgan fingerprint density at radius 1 is 1.36 bits per heavy atom. The second-order valence-electron chi connectivity index (χ2n) is 5.74. The highest BCUT2D eigenvalue weighted by Crippen LogP contribution is 2.24. The van der Waals surface area contributed by atoms with Gasteiger partial charge >= 0.3 is 0 Å². The van der Waals surface area contributed by atoms with E-state index < -0.39 is 0 Å². The van der Waals surface area contributed by atoms with Crippen LogP contribution in [0.15, 0.2) is 0 Å². The van der Waals surface area contributed by atoms with Crippen molar-refractivity contribution in [2.75, 3.05) is 25.0 Å². The average Bonchev–Trinajstić information content (AvgIpc) is 2.49. The summed E-state index contributed by atoms with van der Waals surface area (Å²) in [7, 11) is 0. The van der Waals surface area contributed by atoms with Gasteiger partial charge in [0.15, 0.2) is 0 Å². The molecule has 0 N–H and O–H groups in total. The van der Waals surface area contributed by atoms with E-state index >= 15 is 0 Å². The molecule has 1 atom stereocenters. The van der Waals surface area contributed by atoms with Crippen molar-refractivity contribution in [2.45, 2.75) is 40.0 Å². The molecular weight excluding hydrogens is 238 g/mol. The van der Waals surface area contributed by atoms with Crippen molar-refractivity contribution in [3.05, 3.63) is 0 Å². The van der Waals surface area contributed by atoms with E-state index in [9.17, 15) is 0 Å². The Hall–Kier alpha value is 0.440. The van der Waals surface area contributed by atoms with Crippen LogP contribution in [-0.4, -0.2) is 29.9 Å². The molecule has 0 amide bonds.